The highest BCUT2D eigenvalue weighted by atomic mass is 16.1. The summed E-state index contributed by atoms with van der Waals surface area (Å²) in [6.07, 6.45) is 1.82. The zero-order valence-corrected chi connectivity index (χ0v) is 15.2. The number of benzene rings is 3. The van der Waals surface area contributed by atoms with Gasteiger partial charge >= 0.3 is 0 Å². The highest BCUT2D eigenvalue weighted by molar-refractivity contribution is 5.91. The van der Waals surface area contributed by atoms with E-state index in [-0.39, 0.29) is 5.91 Å². The van der Waals surface area contributed by atoms with E-state index >= 15 is 0 Å². The summed E-state index contributed by atoms with van der Waals surface area (Å²) in [6.45, 7) is 0. The molecule has 1 aromatic heterocycles. The molecule has 0 saturated carbocycles. The molecule has 28 heavy (non-hydrogen) atoms. The Morgan fingerprint density at radius 1 is 0.964 bits per heavy atom. The van der Waals surface area contributed by atoms with Crippen LogP contribution in [-0.2, 0) is 11.2 Å². The largest absolute Gasteiger partial charge is 0.338 e. The number of nitrogens with zero attached hydrogens (tertiary/aromatic N) is 1. The van der Waals surface area contributed by atoms with Crippen LogP contribution in [0.2, 0.25) is 0 Å². The molecule has 0 aliphatic rings. The van der Waals surface area contributed by atoms with Crippen LogP contribution in [0, 0.1) is 0 Å². The summed E-state index contributed by atoms with van der Waals surface area (Å²) < 4.78 is 0. The van der Waals surface area contributed by atoms with Crippen molar-refractivity contribution in [2.24, 2.45) is 0 Å². The molecule has 0 aliphatic carbocycles. The van der Waals surface area contributed by atoms with E-state index in [9.17, 15) is 9.59 Å². The number of aromatic nitrogens is 2. The van der Waals surface area contributed by atoms with Gasteiger partial charge in [-0.1, -0.05) is 36.4 Å². The maximum absolute atomic E-state index is 12.2. The maximum atomic E-state index is 12.2. The van der Waals surface area contributed by atoms with E-state index in [0.29, 0.717) is 18.4 Å². The number of para-hydroxylation sites is 2. The van der Waals surface area contributed by atoms with Gasteiger partial charge in [0.2, 0.25) is 5.91 Å². The van der Waals surface area contributed by atoms with Gasteiger partial charge in [0.25, 0.3) is 0 Å². The number of hydrogen-bond donors (Lipinski definition) is 2. The monoisotopic (exact) mass is 369 g/mol. The first-order chi connectivity index (χ1) is 13.7. The van der Waals surface area contributed by atoms with E-state index in [4.69, 9.17) is 0 Å². The summed E-state index contributed by atoms with van der Waals surface area (Å²) in [6, 6.07) is 22.8. The second kappa shape index (κ2) is 7.88. The number of aryl methyl sites for hydroxylation is 1. The second-order valence-electron chi connectivity index (χ2n) is 6.59. The van der Waals surface area contributed by atoms with Gasteiger partial charge in [0, 0.05) is 23.2 Å². The molecule has 3 aromatic carbocycles. The van der Waals surface area contributed by atoms with Gasteiger partial charge in [0.15, 0.2) is 0 Å². The number of carbonyl (C=O) groups is 2. The molecular formula is C23H19N3O2. The fourth-order valence-corrected chi connectivity index (χ4v) is 3.05. The minimum Gasteiger partial charge on any atom is -0.338 e. The summed E-state index contributed by atoms with van der Waals surface area (Å²) >= 11 is 0. The number of anilines is 1. The zero-order chi connectivity index (χ0) is 19.3. The molecule has 0 unspecified atom stereocenters. The lowest BCUT2D eigenvalue weighted by Crippen LogP contribution is -2.12. The molecule has 1 heterocycles. The number of carbonyl (C=O) groups excluding carboxylic acids is 2. The summed E-state index contributed by atoms with van der Waals surface area (Å²) in [5, 5.41) is 2.91. The first-order valence-electron chi connectivity index (χ1n) is 9.10. The Morgan fingerprint density at radius 2 is 1.71 bits per heavy atom. The fourth-order valence-electron chi connectivity index (χ4n) is 3.05. The van der Waals surface area contributed by atoms with Crippen LogP contribution in [0.25, 0.3) is 22.4 Å². The number of nitrogens with one attached hydrogen (secondary N) is 2. The molecule has 5 heteroatoms. The van der Waals surface area contributed by atoms with Gasteiger partial charge in [-0.05, 0) is 48.4 Å². The van der Waals surface area contributed by atoms with Crippen molar-refractivity contribution in [2.45, 2.75) is 12.8 Å². The van der Waals surface area contributed by atoms with Crippen molar-refractivity contribution in [1.29, 1.82) is 0 Å². The van der Waals surface area contributed by atoms with E-state index in [0.717, 1.165) is 40.0 Å². The molecule has 2 N–H and O–H groups in total. The normalized spacial score (nSPS) is 10.7. The molecule has 0 radical (unpaired) electrons. The highest BCUT2D eigenvalue weighted by Gasteiger charge is 2.07. The Bertz CT molecular complexity index is 1080. The third-order valence-corrected chi connectivity index (χ3v) is 4.59. The molecule has 0 saturated heterocycles. The SMILES string of the molecule is O=Cc1ccc(CCC(=O)Nc2ccc(-c3nc4ccccc4[nH]3)cc2)cc1. The number of H-pyrrole nitrogens is 1. The summed E-state index contributed by atoms with van der Waals surface area (Å²) in [5.41, 5.74) is 5.30. The van der Waals surface area contributed by atoms with Crippen LogP contribution in [0.15, 0.2) is 72.8 Å². The number of aromatic amines is 1. The van der Waals surface area contributed by atoms with Gasteiger partial charge in [0.05, 0.1) is 11.0 Å². The number of aldehydes is 1. The Kier molecular flexibility index (Phi) is 4.97. The van der Waals surface area contributed by atoms with Gasteiger partial charge in [-0.2, -0.15) is 0 Å². The van der Waals surface area contributed by atoms with Crippen LogP contribution in [0.3, 0.4) is 0 Å². The minimum atomic E-state index is -0.0454. The molecule has 0 fully saturated rings. The van der Waals surface area contributed by atoms with Crippen molar-refractivity contribution in [2.75, 3.05) is 5.32 Å². The molecule has 5 nitrogen and oxygen atoms in total. The van der Waals surface area contributed by atoms with Crippen LogP contribution >= 0.6 is 0 Å². The quantitative estimate of drug-likeness (QED) is 0.487. The lowest BCUT2D eigenvalue weighted by atomic mass is 10.1. The first kappa shape index (κ1) is 17.7. The number of fused-ring (bicyclic) bond motifs is 1. The topological polar surface area (TPSA) is 74.8 Å². The predicted octanol–water partition coefficient (Wildman–Crippen LogP) is 4.61. The molecular weight excluding hydrogens is 350 g/mol. The molecule has 0 spiro atoms. The summed E-state index contributed by atoms with van der Waals surface area (Å²) in [4.78, 5) is 30.8. The average Bonchev–Trinajstić information content (AvgIpc) is 3.17. The van der Waals surface area contributed by atoms with Gasteiger partial charge in [-0.3, -0.25) is 9.59 Å². The van der Waals surface area contributed by atoms with E-state index in [1.54, 1.807) is 12.1 Å². The van der Waals surface area contributed by atoms with E-state index in [1.807, 2.05) is 60.7 Å². The zero-order valence-electron chi connectivity index (χ0n) is 15.2. The Morgan fingerprint density at radius 3 is 2.43 bits per heavy atom. The Labute approximate surface area is 162 Å². The second-order valence-corrected chi connectivity index (χ2v) is 6.59. The summed E-state index contributed by atoms with van der Waals surface area (Å²) in [7, 11) is 0. The van der Waals surface area contributed by atoms with Gasteiger partial charge < -0.3 is 10.3 Å². The molecule has 0 bridgehead atoms. The molecule has 0 atom stereocenters. The first-order valence-corrected chi connectivity index (χ1v) is 9.10. The summed E-state index contributed by atoms with van der Waals surface area (Å²) in [5.74, 6) is 0.758. The van der Waals surface area contributed by atoms with Crippen LogP contribution < -0.4 is 5.32 Å². The van der Waals surface area contributed by atoms with Crippen LogP contribution in [0.5, 0.6) is 0 Å². The standard InChI is InChI=1S/C23H19N3O2/c27-15-17-7-5-16(6-8-17)9-14-22(28)24-19-12-10-18(11-13-19)23-25-20-3-1-2-4-21(20)26-23/h1-8,10-13,15H,9,14H2,(H,24,28)(H,25,26). The molecule has 1 amide bonds. The lowest BCUT2D eigenvalue weighted by Gasteiger charge is -2.06. The number of hydrogen-bond acceptors (Lipinski definition) is 3. The van der Waals surface area contributed by atoms with Crippen molar-refractivity contribution in [3.8, 4) is 11.4 Å². The van der Waals surface area contributed by atoms with Crippen LogP contribution in [0.1, 0.15) is 22.3 Å². The van der Waals surface area contributed by atoms with Crippen LogP contribution in [-0.4, -0.2) is 22.2 Å². The van der Waals surface area contributed by atoms with Crippen molar-refractivity contribution in [3.05, 3.63) is 83.9 Å². The van der Waals surface area contributed by atoms with Gasteiger partial charge in [0.1, 0.15) is 12.1 Å². The minimum absolute atomic E-state index is 0.0454. The Hall–Kier alpha value is -3.73. The molecule has 4 rings (SSSR count). The van der Waals surface area contributed by atoms with Crippen molar-refractivity contribution < 1.29 is 9.59 Å². The van der Waals surface area contributed by atoms with Gasteiger partial charge in [-0.25, -0.2) is 4.98 Å². The predicted molar refractivity (Wildman–Crippen MR) is 110 cm³/mol. The average molecular weight is 369 g/mol. The molecule has 138 valence electrons. The van der Waals surface area contributed by atoms with Crippen LogP contribution in [0.4, 0.5) is 5.69 Å². The highest BCUT2D eigenvalue weighted by Crippen LogP contribution is 2.22. The van der Waals surface area contributed by atoms with E-state index in [1.165, 1.54) is 0 Å². The number of imidazole rings is 1. The number of amides is 1. The smallest absolute Gasteiger partial charge is 0.224 e. The Balaban J connectivity index is 1.36. The maximum Gasteiger partial charge on any atom is 0.224 e. The van der Waals surface area contributed by atoms with Gasteiger partial charge in [-0.15, -0.1) is 0 Å². The lowest BCUT2D eigenvalue weighted by molar-refractivity contribution is -0.116. The molecule has 4 aromatic rings. The third kappa shape index (κ3) is 3.99. The molecule has 0 aliphatic heterocycles. The van der Waals surface area contributed by atoms with E-state index in [2.05, 4.69) is 15.3 Å². The van der Waals surface area contributed by atoms with Crippen molar-refractivity contribution >= 4 is 28.9 Å². The van der Waals surface area contributed by atoms with Crippen molar-refractivity contribution in [3.63, 3.8) is 0 Å². The third-order valence-electron chi connectivity index (χ3n) is 4.59. The van der Waals surface area contributed by atoms with Crippen molar-refractivity contribution in [1.82, 2.24) is 9.97 Å². The fraction of sp³-hybridized carbons (Fsp3) is 0.0870. The van der Waals surface area contributed by atoms with E-state index < -0.39 is 0 Å². The number of rotatable bonds is 6.